The van der Waals surface area contributed by atoms with Crippen LogP contribution in [-0.2, 0) is 26.1 Å². The number of aryl methyl sites for hydroxylation is 1. The lowest BCUT2D eigenvalue weighted by molar-refractivity contribution is 0.244. The number of benzene rings is 1. The van der Waals surface area contributed by atoms with Crippen LogP contribution in [0.15, 0.2) is 61.1 Å². The number of rotatable bonds is 8. The van der Waals surface area contributed by atoms with Crippen molar-refractivity contribution in [1.29, 1.82) is 0 Å². The van der Waals surface area contributed by atoms with E-state index in [2.05, 4.69) is 45.0 Å². The largest absolute Gasteiger partial charge is 0.497 e. The Hall–Kier alpha value is -2.79. The highest BCUT2D eigenvalue weighted by atomic mass is 16.5. The van der Waals surface area contributed by atoms with Crippen molar-refractivity contribution in [2.24, 2.45) is 0 Å². The molecule has 0 fully saturated rings. The van der Waals surface area contributed by atoms with Gasteiger partial charge >= 0.3 is 0 Å². The van der Waals surface area contributed by atoms with Gasteiger partial charge in [0.2, 0.25) is 0 Å². The molecule has 0 saturated carbocycles. The van der Waals surface area contributed by atoms with Crippen LogP contribution in [0.25, 0.3) is 0 Å². The maximum Gasteiger partial charge on any atom is 0.127 e. The summed E-state index contributed by atoms with van der Waals surface area (Å²) in [5.41, 5.74) is 3.38. The molecular weight excluding hydrogens is 324 g/mol. The first-order valence-corrected chi connectivity index (χ1v) is 8.82. The fourth-order valence-electron chi connectivity index (χ4n) is 2.78. The molecular formula is C21H24N4O. The second kappa shape index (κ2) is 9.06. The van der Waals surface area contributed by atoms with E-state index < -0.39 is 0 Å². The van der Waals surface area contributed by atoms with Crippen LogP contribution in [0.1, 0.15) is 29.6 Å². The summed E-state index contributed by atoms with van der Waals surface area (Å²) >= 11 is 0. The molecule has 0 spiro atoms. The van der Waals surface area contributed by atoms with E-state index in [9.17, 15) is 0 Å². The molecule has 1 aromatic carbocycles. The fraction of sp³-hybridized carbons (Fsp3) is 0.286. The molecule has 26 heavy (non-hydrogen) atoms. The number of hydrogen-bond donors (Lipinski definition) is 0. The van der Waals surface area contributed by atoms with Gasteiger partial charge in [-0.3, -0.25) is 9.88 Å². The average molecular weight is 348 g/mol. The molecule has 2 aromatic heterocycles. The molecule has 0 aliphatic carbocycles. The molecule has 134 valence electrons. The molecule has 5 heteroatoms. The lowest BCUT2D eigenvalue weighted by Crippen LogP contribution is -2.23. The Kier molecular flexibility index (Phi) is 6.28. The number of aromatic nitrogens is 3. The van der Waals surface area contributed by atoms with Crippen molar-refractivity contribution < 1.29 is 4.74 Å². The molecule has 0 aliphatic rings. The summed E-state index contributed by atoms with van der Waals surface area (Å²) in [7, 11) is 1.68. The number of ether oxygens (including phenoxy) is 1. The van der Waals surface area contributed by atoms with E-state index in [0.717, 1.165) is 48.9 Å². The highest BCUT2D eigenvalue weighted by Crippen LogP contribution is 2.16. The first-order valence-electron chi connectivity index (χ1n) is 8.82. The Labute approximate surface area is 154 Å². The Morgan fingerprint density at radius 2 is 1.58 bits per heavy atom. The van der Waals surface area contributed by atoms with Crippen LogP contribution in [0.5, 0.6) is 5.75 Å². The molecule has 0 saturated heterocycles. The van der Waals surface area contributed by atoms with E-state index in [1.807, 2.05) is 42.9 Å². The molecule has 0 unspecified atom stereocenters. The van der Waals surface area contributed by atoms with Crippen LogP contribution in [-0.4, -0.2) is 27.0 Å². The van der Waals surface area contributed by atoms with Crippen molar-refractivity contribution in [2.75, 3.05) is 7.11 Å². The van der Waals surface area contributed by atoms with Crippen LogP contribution in [0.3, 0.4) is 0 Å². The van der Waals surface area contributed by atoms with Gasteiger partial charge in [0.25, 0.3) is 0 Å². The molecule has 0 atom stereocenters. The molecule has 0 N–H and O–H groups in total. The van der Waals surface area contributed by atoms with Gasteiger partial charge in [-0.05, 0) is 29.8 Å². The molecule has 0 aliphatic heterocycles. The van der Waals surface area contributed by atoms with Crippen LogP contribution < -0.4 is 4.74 Å². The minimum Gasteiger partial charge on any atom is -0.497 e. The van der Waals surface area contributed by atoms with Gasteiger partial charge in [-0.1, -0.05) is 25.1 Å². The lowest BCUT2D eigenvalue weighted by Gasteiger charge is -2.22. The quantitative estimate of drug-likeness (QED) is 0.622. The maximum absolute atomic E-state index is 5.25. The predicted molar refractivity (Wildman–Crippen MR) is 102 cm³/mol. The Bertz CT molecular complexity index is 739. The normalized spacial score (nSPS) is 10.9. The first-order chi connectivity index (χ1) is 12.8. The van der Waals surface area contributed by atoms with Gasteiger partial charge in [0.05, 0.1) is 12.8 Å². The first kappa shape index (κ1) is 18.0. The predicted octanol–water partition coefficient (Wildman–Crippen LogP) is 3.65. The number of hydrogen-bond acceptors (Lipinski definition) is 5. The van der Waals surface area contributed by atoms with E-state index in [0.29, 0.717) is 0 Å². The molecule has 3 aromatic rings. The second-order valence-corrected chi connectivity index (χ2v) is 6.18. The molecule has 5 nitrogen and oxygen atoms in total. The highest BCUT2D eigenvalue weighted by Gasteiger charge is 2.10. The van der Waals surface area contributed by atoms with Gasteiger partial charge in [0, 0.05) is 50.2 Å². The molecule has 2 heterocycles. The zero-order chi connectivity index (χ0) is 18.2. The van der Waals surface area contributed by atoms with E-state index in [1.165, 1.54) is 5.56 Å². The Balaban J connectivity index is 1.75. The highest BCUT2D eigenvalue weighted by molar-refractivity contribution is 5.27. The summed E-state index contributed by atoms with van der Waals surface area (Å²) in [5, 5.41) is 0. The lowest BCUT2D eigenvalue weighted by atomic mass is 10.2. The Morgan fingerprint density at radius 3 is 2.19 bits per heavy atom. The minimum absolute atomic E-state index is 0.766. The summed E-state index contributed by atoms with van der Waals surface area (Å²) in [6.07, 6.45) is 6.53. The van der Waals surface area contributed by atoms with Crippen molar-refractivity contribution in [3.8, 4) is 5.75 Å². The standard InChI is InChI=1S/C21H24N4O/c1-3-21-23-12-18(13-24-21)15-25(16-19-6-4-5-11-22-19)14-17-7-9-20(26-2)10-8-17/h4-13H,3,14-16H2,1-2H3. The van der Waals surface area contributed by atoms with Gasteiger partial charge in [0.1, 0.15) is 11.6 Å². The van der Waals surface area contributed by atoms with E-state index >= 15 is 0 Å². The van der Waals surface area contributed by atoms with Gasteiger partial charge < -0.3 is 4.74 Å². The summed E-state index contributed by atoms with van der Waals surface area (Å²) in [6.45, 7) is 4.41. The van der Waals surface area contributed by atoms with E-state index in [1.54, 1.807) is 7.11 Å². The topological polar surface area (TPSA) is 51.1 Å². The third kappa shape index (κ3) is 5.10. The smallest absolute Gasteiger partial charge is 0.127 e. The van der Waals surface area contributed by atoms with Crippen LogP contribution in [0.4, 0.5) is 0 Å². The molecule has 0 amide bonds. The van der Waals surface area contributed by atoms with Crippen molar-refractivity contribution in [1.82, 2.24) is 19.9 Å². The van der Waals surface area contributed by atoms with Crippen molar-refractivity contribution >= 4 is 0 Å². The summed E-state index contributed by atoms with van der Waals surface area (Å²) in [5.74, 6) is 1.74. The minimum atomic E-state index is 0.766. The van der Waals surface area contributed by atoms with Gasteiger partial charge in [0.15, 0.2) is 0 Å². The summed E-state index contributed by atoms with van der Waals surface area (Å²) in [4.78, 5) is 15.6. The number of pyridine rings is 1. The Morgan fingerprint density at radius 1 is 0.846 bits per heavy atom. The van der Waals surface area contributed by atoms with Gasteiger partial charge in [-0.15, -0.1) is 0 Å². The maximum atomic E-state index is 5.25. The van der Waals surface area contributed by atoms with Gasteiger partial charge in [-0.2, -0.15) is 0 Å². The zero-order valence-electron chi connectivity index (χ0n) is 15.3. The van der Waals surface area contributed by atoms with Gasteiger partial charge in [-0.25, -0.2) is 9.97 Å². The third-order valence-electron chi connectivity index (χ3n) is 4.16. The van der Waals surface area contributed by atoms with Crippen molar-refractivity contribution in [3.05, 3.63) is 83.7 Å². The second-order valence-electron chi connectivity index (χ2n) is 6.18. The van der Waals surface area contributed by atoms with E-state index in [-0.39, 0.29) is 0 Å². The fourth-order valence-corrected chi connectivity index (χ4v) is 2.78. The third-order valence-corrected chi connectivity index (χ3v) is 4.16. The van der Waals surface area contributed by atoms with Crippen molar-refractivity contribution in [2.45, 2.75) is 33.0 Å². The zero-order valence-corrected chi connectivity index (χ0v) is 15.3. The molecule has 3 rings (SSSR count). The van der Waals surface area contributed by atoms with Crippen LogP contribution in [0, 0.1) is 0 Å². The summed E-state index contributed by atoms with van der Waals surface area (Å²) in [6, 6.07) is 14.2. The summed E-state index contributed by atoms with van der Waals surface area (Å²) < 4.78 is 5.25. The van der Waals surface area contributed by atoms with Crippen LogP contribution >= 0.6 is 0 Å². The number of nitrogens with zero attached hydrogens (tertiary/aromatic N) is 4. The number of methoxy groups -OCH3 is 1. The van der Waals surface area contributed by atoms with Crippen molar-refractivity contribution in [3.63, 3.8) is 0 Å². The van der Waals surface area contributed by atoms with Crippen LogP contribution in [0.2, 0.25) is 0 Å². The average Bonchev–Trinajstić information content (AvgIpc) is 2.70. The SMILES string of the molecule is CCc1ncc(CN(Cc2ccc(OC)cc2)Cc2ccccn2)cn1. The molecule has 0 radical (unpaired) electrons. The molecule has 0 bridgehead atoms. The monoisotopic (exact) mass is 348 g/mol. The van der Waals surface area contributed by atoms with E-state index in [4.69, 9.17) is 4.74 Å².